The smallest absolute Gasteiger partial charge is 0.251 e. The lowest BCUT2D eigenvalue weighted by Gasteiger charge is -2.28. The van der Waals surface area contributed by atoms with Gasteiger partial charge in [-0.25, -0.2) is 9.97 Å². The van der Waals surface area contributed by atoms with E-state index in [2.05, 4.69) is 20.2 Å². The van der Waals surface area contributed by atoms with E-state index in [-0.39, 0.29) is 5.91 Å². The molecule has 5 heteroatoms. The van der Waals surface area contributed by atoms with Crippen molar-refractivity contribution in [2.75, 3.05) is 18.0 Å². The number of rotatable bonds is 4. The first-order valence-corrected chi connectivity index (χ1v) is 8.56. The van der Waals surface area contributed by atoms with Crippen molar-refractivity contribution >= 4 is 11.7 Å². The summed E-state index contributed by atoms with van der Waals surface area (Å²) in [6.07, 6.45) is 3.71. The van der Waals surface area contributed by atoms with Gasteiger partial charge >= 0.3 is 0 Å². The minimum atomic E-state index is -0.0941. The summed E-state index contributed by atoms with van der Waals surface area (Å²) >= 11 is 0. The fourth-order valence-electron chi connectivity index (χ4n) is 3.02. The Balaban J connectivity index is 1.68. The maximum Gasteiger partial charge on any atom is 0.251 e. The van der Waals surface area contributed by atoms with E-state index in [1.54, 1.807) is 0 Å². The molecular formula is C19H24N4O. The highest BCUT2D eigenvalue weighted by atomic mass is 16.1. The monoisotopic (exact) mass is 324 g/mol. The first-order valence-electron chi connectivity index (χ1n) is 8.56. The Morgan fingerprint density at radius 3 is 2.67 bits per heavy atom. The predicted molar refractivity (Wildman–Crippen MR) is 95.2 cm³/mol. The molecular weight excluding hydrogens is 300 g/mol. The average Bonchev–Trinajstić information content (AvgIpc) is 2.60. The van der Waals surface area contributed by atoms with Gasteiger partial charge < -0.3 is 10.2 Å². The van der Waals surface area contributed by atoms with E-state index >= 15 is 0 Å². The van der Waals surface area contributed by atoms with Gasteiger partial charge in [0.2, 0.25) is 0 Å². The molecule has 1 N–H and O–H groups in total. The molecule has 0 radical (unpaired) electrons. The maximum absolute atomic E-state index is 12.3. The summed E-state index contributed by atoms with van der Waals surface area (Å²) < 4.78 is 0. The minimum absolute atomic E-state index is 0.0941. The SMILES string of the molecule is Cc1cccc(C(=O)NCc2nc(C)cc(N3CCCCC3)n2)c1. The highest BCUT2D eigenvalue weighted by Crippen LogP contribution is 2.18. The third-order valence-corrected chi connectivity index (χ3v) is 4.25. The summed E-state index contributed by atoms with van der Waals surface area (Å²) in [5.74, 6) is 1.54. The topological polar surface area (TPSA) is 58.1 Å². The molecule has 1 aliphatic rings. The molecule has 0 atom stereocenters. The molecule has 2 heterocycles. The summed E-state index contributed by atoms with van der Waals surface area (Å²) in [6, 6.07) is 9.59. The Morgan fingerprint density at radius 1 is 1.12 bits per heavy atom. The van der Waals surface area contributed by atoms with Crippen LogP contribution in [0.2, 0.25) is 0 Å². The number of nitrogens with one attached hydrogen (secondary N) is 1. The fraction of sp³-hybridized carbons (Fsp3) is 0.421. The van der Waals surface area contributed by atoms with Crippen LogP contribution in [0.15, 0.2) is 30.3 Å². The highest BCUT2D eigenvalue weighted by Gasteiger charge is 2.14. The van der Waals surface area contributed by atoms with E-state index in [1.807, 2.05) is 44.2 Å². The molecule has 1 aromatic heterocycles. The van der Waals surface area contributed by atoms with Gasteiger partial charge in [-0.15, -0.1) is 0 Å². The molecule has 0 unspecified atom stereocenters. The number of hydrogen-bond donors (Lipinski definition) is 1. The van der Waals surface area contributed by atoms with Crippen LogP contribution in [-0.4, -0.2) is 29.0 Å². The van der Waals surface area contributed by atoms with Crippen molar-refractivity contribution < 1.29 is 4.79 Å². The van der Waals surface area contributed by atoms with Crippen molar-refractivity contribution in [3.8, 4) is 0 Å². The number of carbonyl (C=O) groups excluding carboxylic acids is 1. The molecule has 2 aromatic rings. The first-order chi connectivity index (χ1) is 11.6. The van der Waals surface area contributed by atoms with Gasteiger partial charge in [0.15, 0.2) is 0 Å². The van der Waals surface area contributed by atoms with Crippen LogP contribution >= 0.6 is 0 Å². The lowest BCUT2D eigenvalue weighted by atomic mass is 10.1. The second-order valence-corrected chi connectivity index (χ2v) is 6.38. The number of nitrogens with zero attached hydrogens (tertiary/aromatic N) is 3. The van der Waals surface area contributed by atoms with E-state index in [9.17, 15) is 4.79 Å². The second kappa shape index (κ2) is 7.43. The van der Waals surface area contributed by atoms with Crippen molar-refractivity contribution in [1.82, 2.24) is 15.3 Å². The van der Waals surface area contributed by atoms with Gasteiger partial charge in [-0.2, -0.15) is 0 Å². The van der Waals surface area contributed by atoms with E-state index in [1.165, 1.54) is 19.3 Å². The first kappa shape index (κ1) is 16.4. The van der Waals surface area contributed by atoms with Crippen LogP contribution in [-0.2, 0) is 6.54 Å². The van der Waals surface area contributed by atoms with Crippen LogP contribution in [0.25, 0.3) is 0 Å². The molecule has 0 bridgehead atoms. The number of anilines is 1. The Labute approximate surface area is 143 Å². The molecule has 1 aromatic carbocycles. The van der Waals surface area contributed by atoms with Crippen LogP contribution in [0, 0.1) is 13.8 Å². The number of benzene rings is 1. The molecule has 0 aliphatic carbocycles. The van der Waals surface area contributed by atoms with E-state index < -0.39 is 0 Å². The number of hydrogen-bond acceptors (Lipinski definition) is 4. The van der Waals surface area contributed by atoms with Gasteiger partial charge in [0, 0.05) is 30.4 Å². The molecule has 1 amide bonds. The molecule has 5 nitrogen and oxygen atoms in total. The molecule has 0 spiro atoms. The lowest BCUT2D eigenvalue weighted by Crippen LogP contribution is -2.31. The summed E-state index contributed by atoms with van der Waals surface area (Å²) in [7, 11) is 0. The third-order valence-electron chi connectivity index (χ3n) is 4.25. The predicted octanol–water partition coefficient (Wildman–Crippen LogP) is 3.01. The molecule has 1 saturated heterocycles. The minimum Gasteiger partial charge on any atom is -0.357 e. The van der Waals surface area contributed by atoms with Crippen LogP contribution in [0.3, 0.4) is 0 Å². The number of piperidine rings is 1. The average molecular weight is 324 g/mol. The van der Waals surface area contributed by atoms with Gasteiger partial charge in [-0.1, -0.05) is 17.7 Å². The molecule has 1 fully saturated rings. The molecule has 24 heavy (non-hydrogen) atoms. The van der Waals surface area contributed by atoms with Crippen molar-refractivity contribution in [3.05, 3.63) is 53.0 Å². The van der Waals surface area contributed by atoms with Crippen LogP contribution in [0.5, 0.6) is 0 Å². The Bertz CT molecular complexity index is 723. The third kappa shape index (κ3) is 4.10. The van der Waals surface area contributed by atoms with Crippen molar-refractivity contribution in [2.45, 2.75) is 39.7 Å². The number of carbonyl (C=O) groups is 1. The quantitative estimate of drug-likeness (QED) is 0.939. The van der Waals surface area contributed by atoms with Crippen molar-refractivity contribution in [3.63, 3.8) is 0 Å². The Morgan fingerprint density at radius 2 is 1.92 bits per heavy atom. The zero-order chi connectivity index (χ0) is 16.9. The summed E-state index contributed by atoms with van der Waals surface area (Å²) in [5, 5.41) is 2.92. The van der Waals surface area contributed by atoms with Crippen molar-refractivity contribution in [1.29, 1.82) is 0 Å². The normalized spacial score (nSPS) is 14.5. The standard InChI is InChI=1S/C19H24N4O/c1-14-7-6-8-16(11-14)19(24)20-13-17-21-15(2)12-18(22-17)23-9-4-3-5-10-23/h6-8,11-12H,3-5,9-10,13H2,1-2H3,(H,20,24). The Kier molecular flexibility index (Phi) is 5.08. The van der Waals surface area contributed by atoms with E-state index in [0.29, 0.717) is 17.9 Å². The zero-order valence-corrected chi connectivity index (χ0v) is 14.4. The highest BCUT2D eigenvalue weighted by molar-refractivity contribution is 5.94. The molecule has 3 rings (SSSR count). The zero-order valence-electron chi connectivity index (χ0n) is 14.4. The van der Waals surface area contributed by atoms with Gasteiger partial charge in [-0.05, 0) is 45.2 Å². The second-order valence-electron chi connectivity index (χ2n) is 6.38. The van der Waals surface area contributed by atoms with Crippen molar-refractivity contribution in [2.24, 2.45) is 0 Å². The Hall–Kier alpha value is -2.43. The summed E-state index contributed by atoms with van der Waals surface area (Å²) in [4.78, 5) is 23.7. The largest absolute Gasteiger partial charge is 0.357 e. The number of aryl methyl sites for hydroxylation is 2. The summed E-state index contributed by atoms with van der Waals surface area (Å²) in [6.45, 7) is 6.39. The van der Waals surface area contributed by atoms with Crippen LogP contribution in [0.1, 0.15) is 46.7 Å². The molecule has 1 aliphatic heterocycles. The molecule has 0 saturated carbocycles. The van der Waals surface area contributed by atoms with Gasteiger partial charge in [0.25, 0.3) is 5.91 Å². The van der Waals surface area contributed by atoms with E-state index in [0.717, 1.165) is 30.2 Å². The van der Waals surface area contributed by atoms with Crippen LogP contribution < -0.4 is 10.2 Å². The lowest BCUT2D eigenvalue weighted by molar-refractivity contribution is 0.0949. The number of amides is 1. The van der Waals surface area contributed by atoms with Crippen LogP contribution in [0.4, 0.5) is 5.82 Å². The van der Waals surface area contributed by atoms with E-state index in [4.69, 9.17) is 0 Å². The fourth-order valence-corrected chi connectivity index (χ4v) is 3.02. The maximum atomic E-state index is 12.3. The number of aromatic nitrogens is 2. The summed E-state index contributed by atoms with van der Waals surface area (Å²) in [5.41, 5.74) is 2.67. The molecule has 126 valence electrons. The van der Waals surface area contributed by atoms with Gasteiger partial charge in [0.1, 0.15) is 11.6 Å². The van der Waals surface area contributed by atoms with Gasteiger partial charge in [0.05, 0.1) is 6.54 Å². The van der Waals surface area contributed by atoms with Gasteiger partial charge in [-0.3, -0.25) is 4.79 Å².